The van der Waals surface area contributed by atoms with Crippen molar-refractivity contribution in [2.75, 3.05) is 5.32 Å². The summed E-state index contributed by atoms with van der Waals surface area (Å²) in [6.07, 6.45) is 0.774. The lowest BCUT2D eigenvalue weighted by Gasteiger charge is -2.08. The maximum Gasteiger partial charge on any atom is 0.252 e. The summed E-state index contributed by atoms with van der Waals surface area (Å²) in [5.74, 6) is 0.555. The van der Waals surface area contributed by atoms with Crippen LogP contribution in [0.1, 0.15) is 26.5 Å². The van der Waals surface area contributed by atoms with Crippen molar-refractivity contribution in [3.63, 3.8) is 0 Å². The molecule has 0 aromatic carbocycles. The number of aromatic nitrogens is 2. The zero-order valence-corrected chi connectivity index (χ0v) is 8.22. The fourth-order valence-electron chi connectivity index (χ4n) is 1.03. The van der Waals surface area contributed by atoms with Crippen LogP contribution < -0.4 is 10.9 Å². The molecular weight excluding hydrogens is 166 g/mol. The highest BCUT2D eigenvalue weighted by molar-refractivity contribution is 5.25. The fourth-order valence-corrected chi connectivity index (χ4v) is 1.03. The third kappa shape index (κ3) is 2.89. The van der Waals surface area contributed by atoms with E-state index < -0.39 is 0 Å². The molecule has 0 fully saturated rings. The topological polar surface area (TPSA) is 57.8 Å². The van der Waals surface area contributed by atoms with E-state index in [-0.39, 0.29) is 11.6 Å². The Hall–Kier alpha value is -1.32. The van der Waals surface area contributed by atoms with E-state index in [0.29, 0.717) is 5.95 Å². The van der Waals surface area contributed by atoms with Crippen molar-refractivity contribution < 1.29 is 0 Å². The van der Waals surface area contributed by atoms with Gasteiger partial charge >= 0.3 is 0 Å². The minimum Gasteiger partial charge on any atom is -0.354 e. The van der Waals surface area contributed by atoms with E-state index in [1.54, 1.807) is 0 Å². The van der Waals surface area contributed by atoms with Gasteiger partial charge in [0, 0.05) is 17.8 Å². The van der Waals surface area contributed by atoms with Gasteiger partial charge in [0.05, 0.1) is 0 Å². The maximum absolute atomic E-state index is 11.1. The van der Waals surface area contributed by atoms with Crippen LogP contribution in [-0.4, -0.2) is 16.0 Å². The van der Waals surface area contributed by atoms with Crippen LogP contribution in [0.4, 0.5) is 5.95 Å². The monoisotopic (exact) mass is 181 g/mol. The molecule has 4 heteroatoms. The lowest BCUT2D eigenvalue weighted by molar-refractivity contribution is 0.859. The fraction of sp³-hybridized carbons (Fsp3) is 0.556. The molecule has 0 unspecified atom stereocenters. The summed E-state index contributed by atoms with van der Waals surface area (Å²) in [7, 11) is 0. The first-order valence-electron chi connectivity index (χ1n) is 4.48. The van der Waals surface area contributed by atoms with Crippen molar-refractivity contribution >= 4 is 5.95 Å². The van der Waals surface area contributed by atoms with Gasteiger partial charge in [0.1, 0.15) is 0 Å². The van der Waals surface area contributed by atoms with Gasteiger partial charge in [-0.05, 0) is 20.3 Å². The molecule has 0 spiro atoms. The molecule has 1 heterocycles. The van der Waals surface area contributed by atoms with E-state index >= 15 is 0 Å². The summed E-state index contributed by atoms with van der Waals surface area (Å²) < 4.78 is 0. The first-order chi connectivity index (χ1) is 6.11. The zero-order chi connectivity index (χ0) is 9.84. The van der Waals surface area contributed by atoms with Gasteiger partial charge in [-0.3, -0.25) is 9.78 Å². The first-order valence-corrected chi connectivity index (χ1v) is 4.48. The molecule has 0 radical (unpaired) electrons. The highest BCUT2D eigenvalue weighted by Gasteiger charge is 2.00. The lowest BCUT2D eigenvalue weighted by atomic mass is 10.3. The van der Waals surface area contributed by atoms with Crippen LogP contribution in [-0.2, 0) is 6.42 Å². The number of anilines is 1. The third-order valence-corrected chi connectivity index (χ3v) is 1.58. The highest BCUT2D eigenvalue weighted by atomic mass is 16.1. The summed E-state index contributed by atoms with van der Waals surface area (Å²) in [6.45, 7) is 5.97. The largest absolute Gasteiger partial charge is 0.354 e. The summed E-state index contributed by atoms with van der Waals surface area (Å²) >= 11 is 0. The van der Waals surface area contributed by atoms with Gasteiger partial charge in [0.2, 0.25) is 5.95 Å². The van der Waals surface area contributed by atoms with E-state index in [4.69, 9.17) is 0 Å². The van der Waals surface area contributed by atoms with Crippen LogP contribution in [0.3, 0.4) is 0 Å². The summed E-state index contributed by atoms with van der Waals surface area (Å²) in [5.41, 5.74) is 0.710. The van der Waals surface area contributed by atoms with E-state index in [9.17, 15) is 4.79 Å². The van der Waals surface area contributed by atoms with E-state index in [2.05, 4.69) is 15.3 Å². The molecule has 0 saturated heterocycles. The van der Waals surface area contributed by atoms with Crippen molar-refractivity contribution in [2.45, 2.75) is 33.2 Å². The van der Waals surface area contributed by atoms with Crippen molar-refractivity contribution in [1.29, 1.82) is 0 Å². The van der Waals surface area contributed by atoms with Gasteiger partial charge in [-0.15, -0.1) is 0 Å². The molecule has 1 rings (SSSR count). The molecule has 4 nitrogen and oxygen atoms in total. The van der Waals surface area contributed by atoms with Crippen molar-refractivity contribution in [3.8, 4) is 0 Å². The zero-order valence-electron chi connectivity index (χ0n) is 8.22. The third-order valence-electron chi connectivity index (χ3n) is 1.58. The predicted molar refractivity (Wildman–Crippen MR) is 53.0 cm³/mol. The standard InChI is InChI=1S/C9H15N3O/c1-4-7-5-8(13)12-9(11-7)10-6(2)3/h5-6H,4H2,1-3H3,(H2,10,11,12,13). The highest BCUT2D eigenvalue weighted by Crippen LogP contribution is 1.99. The van der Waals surface area contributed by atoms with Crippen LogP contribution in [0.2, 0.25) is 0 Å². The number of rotatable bonds is 3. The Morgan fingerprint density at radius 1 is 1.62 bits per heavy atom. The predicted octanol–water partition coefficient (Wildman–Crippen LogP) is 1.15. The number of nitrogens with zero attached hydrogens (tertiary/aromatic N) is 1. The maximum atomic E-state index is 11.1. The van der Waals surface area contributed by atoms with Crippen molar-refractivity contribution in [1.82, 2.24) is 9.97 Å². The van der Waals surface area contributed by atoms with Crippen molar-refractivity contribution in [3.05, 3.63) is 22.1 Å². The second kappa shape index (κ2) is 4.07. The first kappa shape index (κ1) is 9.77. The minimum absolute atomic E-state index is 0.102. The second-order valence-corrected chi connectivity index (χ2v) is 3.24. The smallest absolute Gasteiger partial charge is 0.252 e. The number of nitrogens with one attached hydrogen (secondary N) is 2. The van der Waals surface area contributed by atoms with Crippen LogP contribution in [0.5, 0.6) is 0 Å². The summed E-state index contributed by atoms with van der Waals surface area (Å²) in [5, 5.41) is 3.05. The van der Waals surface area contributed by atoms with Crippen molar-refractivity contribution in [2.24, 2.45) is 0 Å². The van der Waals surface area contributed by atoms with Gasteiger partial charge in [-0.1, -0.05) is 6.92 Å². The number of aromatic amines is 1. The van der Waals surface area contributed by atoms with E-state index in [1.165, 1.54) is 6.07 Å². The molecule has 0 aliphatic carbocycles. The summed E-state index contributed by atoms with van der Waals surface area (Å²) in [6, 6.07) is 1.79. The SMILES string of the molecule is CCc1cc(=O)[nH]c(NC(C)C)n1. The molecule has 0 aliphatic rings. The molecule has 0 saturated carbocycles. The molecular formula is C9H15N3O. The van der Waals surface area contributed by atoms with Crippen LogP contribution >= 0.6 is 0 Å². The van der Waals surface area contributed by atoms with Crippen LogP contribution in [0.15, 0.2) is 10.9 Å². The minimum atomic E-state index is -0.102. The Kier molecular flexibility index (Phi) is 3.06. The molecule has 0 bridgehead atoms. The lowest BCUT2D eigenvalue weighted by Crippen LogP contribution is -2.18. The molecule has 2 N–H and O–H groups in total. The van der Waals surface area contributed by atoms with Crippen LogP contribution in [0.25, 0.3) is 0 Å². The average molecular weight is 181 g/mol. The second-order valence-electron chi connectivity index (χ2n) is 3.24. The van der Waals surface area contributed by atoms with E-state index in [1.807, 2.05) is 20.8 Å². The summed E-state index contributed by atoms with van der Waals surface area (Å²) in [4.78, 5) is 18.0. The van der Waals surface area contributed by atoms with Gasteiger partial charge in [0.25, 0.3) is 5.56 Å². The normalized spacial score (nSPS) is 10.5. The Bertz CT molecular complexity index is 330. The van der Waals surface area contributed by atoms with Crippen LogP contribution in [0, 0.1) is 0 Å². The quantitative estimate of drug-likeness (QED) is 0.735. The number of hydrogen-bond acceptors (Lipinski definition) is 3. The molecule has 13 heavy (non-hydrogen) atoms. The Morgan fingerprint density at radius 3 is 2.85 bits per heavy atom. The van der Waals surface area contributed by atoms with Gasteiger partial charge in [0.15, 0.2) is 0 Å². The van der Waals surface area contributed by atoms with Gasteiger partial charge in [-0.25, -0.2) is 4.98 Å². The number of hydrogen-bond donors (Lipinski definition) is 2. The number of aryl methyl sites for hydroxylation is 1. The molecule has 1 aromatic heterocycles. The molecule has 0 atom stereocenters. The van der Waals surface area contributed by atoms with Gasteiger partial charge in [-0.2, -0.15) is 0 Å². The Labute approximate surface area is 77.4 Å². The Morgan fingerprint density at radius 2 is 2.31 bits per heavy atom. The number of H-pyrrole nitrogens is 1. The molecule has 0 aliphatic heterocycles. The van der Waals surface area contributed by atoms with Gasteiger partial charge < -0.3 is 5.32 Å². The molecule has 72 valence electrons. The average Bonchev–Trinajstić information content (AvgIpc) is 2.01. The molecule has 0 amide bonds. The van der Waals surface area contributed by atoms with E-state index in [0.717, 1.165) is 12.1 Å². The Balaban J connectivity index is 2.95. The molecule has 1 aromatic rings.